The first-order valence-corrected chi connectivity index (χ1v) is 5.46. The number of carboxylic acids is 1. The zero-order valence-electron chi connectivity index (χ0n) is 9.53. The van der Waals surface area contributed by atoms with Gasteiger partial charge >= 0.3 is 5.97 Å². The number of aryl methyl sites for hydroxylation is 2. The van der Waals surface area contributed by atoms with Crippen LogP contribution in [0.25, 0.3) is 0 Å². The van der Waals surface area contributed by atoms with Crippen LogP contribution in [0.3, 0.4) is 0 Å². The molecule has 0 heterocycles. The van der Waals surface area contributed by atoms with E-state index in [9.17, 15) is 9.90 Å². The lowest BCUT2D eigenvalue weighted by atomic mass is 9.84. The summed E-state index contributed by atoms with van der Waals surface area (Å²) in [5.74, 6) is -1.12. The molecule has 1 aromatic rings. The summed E-state index contributed by atoms with van der Waals surface area (Å²) in [6.45, 7) is 3.94. The van der Waals surface area contributed by atoms with Gasteiger partial charge in [-0.1, -0.05) is 18.2 Å². The highest BCUT2D eigenvalue weighted by molar-refractivity contribution is 5.76. The highest BCUT2D eigenvalue weighted by Crippen LogP contribution is 2.53. The highest BCUT2D eigenvalue weighted by Gasteiger charge is 2.54. The lowest BCUT2D eigenvalue weighted by Crippen LogP contribution is -2.34. The molecule has 1 fully saturated rings. The van der Waals surface area contributed by atoms with E-state index in [0.29, 0.717) is 0 Å². The summed E-state index contributed by atoms with van der Waals surface area (Å²) in [7, 11) is 0. The number of carboxylic acid groups (broad SMARTS) is 1. The van der Waals surface area contributed by atoms with Gasteiger partial charge in [0.05, 0.1) is 0 Å². The van der Waals surface area contributed by atoms with Crippen LogP contribution < -0.4 is 0 Å². The number of aliphatic hydroxyl groups is 1. The van der Waals surface area contributed by atoms with Crippen LogP contribution in [0, 0.1) is 13.8 Å². The van der Waals surface area contributed by atoms with Crippen LogP contribution in [0.5, 0.6) is 0 Å². The van der Waals surface area contributed by atoms with E-state index >= 15 is 0 Å². The standard InChI is InChI=1S/C13H16O3/c1-8-4-3-5-9(2)10(8)13(6-7-13)11(14)12(15)16/h3-5,11,14H,6-7H2,1-2H3,(H,15,16). The Bertz CT molecular complexity index is 413. The van der Waals surface area contributed by atoms with Crippen molar-refractivity contribution in [3.05, 3.63) is 34.9 Å². The molecule has 0 radical (unpaired) electrons. The lowest BCUT2D eigenvalue weighted by molar-refractivity contribution is -0.148. The minimum Gasteiger partial charge on any atom is -0.479 e. The minimum absolute atomic E-state index is 0.540. The summed E-state index contributed by atoms with van der Waals surface area (Å²) >= 11 is 0. The Morgan fingerprint density at radius 3 is 2.19 bits per heavy atom. The van der Waals surface area contributed by atoms with E-state index in [1.165, 1.54) is 0 Å². The molecule has 86 valence electrons. The molecular formula is C13H16O3. The fourth-order valence-corrected chi connectivity index (χ4v) is 2.63. The minimum atomic E-state index is -1.28. The molecule has 0 aromatic heterocycles. The SMILES string of the molecule is Cc1cccc(C)c1C1(C(O)C(=O)O)CC1. The van der Waals surface area contributed by atoms with E-state index in [1.54, 1.807) is 0 Å². The molecule has 0 saturated heterocycles. The van der Waals surface area contributed by atoms with Gasteiger partial charge in [-0.05, 0) is 43.4 Å². The number of rotatable bonds is 3. The fourth-order valence-electron chi connectivity index (χ4n) is 2.63. The topological polar surface area (TPSA) is 57.5 Å². The van der Waals surface area contributed by atoms with Gasteiger partial charge < -0.3 is 10.2 Å². The molecule has 3 heteroatoms. The van der Waals surface area contributed by atoms with Crippen LogP contribution in [-0.2, 0) is 10.2 Å². The molecule has 0 aliphatic heterocycles. The van der Waals surface area contributed by atoms with E-state index in [2.05, 4.69) is 0 Å². The summed E-state index contributed by atoms with van der Waals surface area (Å²) in [5.41, 5.74) is 2.61. The molecule has 1 atom stereocenters. The Morgan fingerprint density at radius 1 is 1.31 bits per heavy atom. The summed E-state index contributed by atoms with van der Waals surface area (Å²) in [6, 6.07) is 5.89. The Balaban J connectivity index is 2.48. The van der Waals surface area contributed by atoms with Crippen molar-refractivity contribution in [1.29, 1.82) is 0 Å². The maximum absolute atomic E-state index is 10.9. The molecule has 0 spiro atoms. The van der Waals surface area contributed by atoms with Crippen LogP contribution in [0.1, 0.15) is 29.5 Å². The first kappa shape index (κ1) is 11.1. The van der Waals surface area contributed by atoms with Gasteiger partial charge in [0.15, 0.2) is 6.10 Å². The molecule has 2 N–H and O–H groups in total. The molecule has 1 aliphatic carbocycles. The van der Waals surface area contributed by atoms with Crippen LogP contribution in [0.15, 0.2) is 18.2 Å². The molecule has 3 nitrogen and oxygen atoms in total. The third-order valence-corrected chi connectivity index (χ3v) is 3.53. The molecule has 0 bridgehead atoms. The van der Waals surface area contributed by atoms with Gasteiger partial charge in [-0.3, -0.25) is 0 Å². The van der Waals surface area contributed by atoms with Crippen molar-refractivity contribution in [2.24, 2.45) is 0 Å². The number of benzene rings is 1. The van der Waals surface area contributed by atoms with Gasteiger partial charge in [0, 0.05) is 5.41 Å². The normalized spacial score (nSPS) is 19.2. The number of hydrogen-bond acceptors (Lipinski definition) is 2. The lowest BCUT2D eigenvalue weighted by Gasteiger charge is -2.23. The largest absolute Gasteiger partial charge is 0.479 e. The van der Waals surface area contributed by atoms with Gasteiger partial charge in [-0.25, -0.2) is 4.79 Å². The number of aliphatic carboxylic acids is 1. The van der Waals surface area contributed by atoms with Crippen LogP contribution >= 0.6 is 0 Å². The van der Waals surface area contributed by atoms with Gasteiger partial charge in [-0.15, -0.1) is 0 Å². The zero-order chi connectivity index (χ0) is 11.9. The zero-order valence-corrected chi connectivity index (χ0v) is 9.53. The van der Waals surface area contributed by atoms with Crippen molar-refractivity contribution in [2.45, 2.75) is 38.2 Å². The molecule has 1 aromatic carbocycles. The second kappa shape index (κ2) is 3.59. The molecule has 0 amide bonds. The second-order valence-electron chi connectivity index (χ2n) is 4.66. The first-order valence-electron chi connectivity index (χ1n) is 5.46. The predicted octanol–water partition coefficient (Wildman–Crippen LogP) is 1.78. The van der Waals surface area contributed by atoms with Gasteiger partial charge in [-0.2, -0.15) is 0 Å². The summed E-state index contributed by atoms with van der Waals surface area (Å²) < 4.78 is 0. The first-order chi connectivity index (χ1) is 7.49. The van der Waals surface area contributed by atoms with E-state index in [1.807, 2.05) is 32.0 Å². The quantitative estimate of drug-likeness (QED) is 0.816. The Hall–Kier alpha value is -1.35. The van der Waals surface area contributed by atoms with Crippen molar-refractivity contribution in [2.75, 3.05) is 0 Å². The van der Waals surface area contributed by atoms with Crippen LogP contribution in [0.2, 0.25) is 0 Å². The maximum atomic E-state index is 10.9. The monoisotopic (exact) mass is 220 g/mol. The molecule has 2 rings (SSSR count). The van der Waals surface area contributed by atoms with E-state index in [-0.39, 0.29) is 0 Å². The fraction of sp³-hybridized carbons (Fsp3) is 0.462. The van der Waals surface area contributed by atoms with Crippen LogP contribution in [-0.4, -0.2) is 22.3 Å². The average molecular weight is 220 g/mol. The van der Waals surface area contributed by atoms with E-state index < -0.39 is 17.5 Å². The summed E-state index contributed by atoms with van der Waals surface area (Å²) in [5, 5.41) is 18.8. The molecule has 16 heavy (non-hydrogen) atoms. The third kappa shape index (κ3) is 1.52. The molecular weight excluding hydrogens is 204 g/mol. The van der Waals surface area contributed by atoms with Crippen LogP contribution in [0.4, 0.5) is 0 Å². The van der Waals surface area contributed by atoms with Gasteiger partial charge in [0.25, 0.3) is 0 Å². The predicted molar refractivity (Wildman–Crippen MR) is 60.5 cm³/mol. The number of aliphatic hydroxyl groups excluding tert-OH is 1. The Morgan fingerprint density at radius 2 is 1.81 bits per heavy atom. The van der Waals surface area contributed by atoms with E-state index in [0.717, 1.165) is 29.5 Å². The highest BCUT2D eigenvalue weighted by atomic mass is 16.4. The molecule has 1 aliphatic rings. The number of hydrogen-bond donors (Lipinski definition) is 2. The average Bonchev–Trinajstić information content (AvgIpc) is 2.97. The molecule has 1 saturated carbocycles. The third-order valence-electron chi connectivity index (χ3n) is 3.53. The summed E-state index contributed by atoms with van der Waals surface area (Å²) in [6.07, 6.45) is 0.227. The molecule has 1 unspecified atom stereocenters. The van der Waals surface area contributed by atoms with Crippen molar-refractivity contribution >= 4 is 5.97 Å². The van der Waals surface area contributed by atoms with Crippen molar-refractivity contribution in [3.8, 4) is 0 Å². The number of carbonyl (C=O) groups is 1. The smallest absolute Gasteiger partial charge is 0.333 e. The van der Waals surface area contributed by atoms with Crippen molar-refractivity contribution in [3.63, 3.8) is 0 Å². The van der Waals surface area contributed by atoms with Gasteiger partial charge in [0.1, 0.15) is 0 Å². The Labute approximate surface area is 94.7 Å². The van der Waals surface area contributed by atoms with Crippen molar-refractivity contribution in [1.82, 2.24) is 0 Å². The second-order valence-corrected chi connectivity index (χ2v) is 4.66. The summed E-state index contributed by atoms with van der Waals surface area (Å²) in [4.78, 5) is 10.9. The Kier molecular flexibility index (Phi) is 2.50. The van der Waals surface area contributed by atoms with Crippen molar-refractivity contribution < 1.29 is 15.0 Å². The van der Waals surface area contributed by atoms with Gasteiger partial charge in [0.2, 0.25) is 0 Å². The van der Waals surface area contributed by atoms with E-state index in [4.69, 9.17) is 5.11 Å². The maximum Gasteiger partial charge on any atom is 0.333 e.